The molecule has 0 bridgehead atoms. The Morgan fingerprint density at radius 1 is 1.44 bits per heavy atom. The van der Waals surface area contributed by atoms with Crippen LogP contribution in [0.25, 0.3) is 11.5 Å². The molecule has 0 saturated heterocycles. The summed E-state index contributed by atoms with van der Waals surface area (Å²) in [5, 5.41) is 12.5. The molecule has 0 aliphatic rings. The van der Waals surface area contributed by atoms with Crippen molar-refractivity contribution >= 4 is 21.6 Å². The average molecular weight is 284 g/mol. The van der Waals surface area contributed by atoms with E-state index < -0.39 is 0 Å². The summed E-state index contributed by atoms with van der Waals surface area (Å²) in [6.45, 7) is -0.00700. The van der Waals surface area contributed by atoms with Crippen LogP contribution in [0.3, 0.4) is 0 Å². The van der Waals surface area contributed by atoms with Gasteiger partial charge in [0.1, 0.15) is 0 Å². The van der Waals surface area contributed by atoms with E-state index in [0.29, 0.717) is 29.4 Å². The van der Waals surface area contributed by atoms with Gasteiger partial charge in [0, 0.05) is 10.9 Å². The summed E-state index contributed by atoms with van der Waals surface area (Å²) in [6, 6.07) is 5.48. The molecule has 0 atom stereocenters. The number of hydrogen-bond donors (Lipinski definition) is 2. The SMILES string of the molecule is Nc1c(Br)cccc1-c1nc(CCO)no1. The fourth-order valence-electron chi connectivity index (χ4n) is 1.29. The van der Waals surface area contributed by atoms with Gasteiger partial charge in [-0.2, -0.15) is 4.98 Å². The van der Waals surface area contributed by atoms with Crippen LogP contribution in [0.4, 0.5) is 5.69 Å². The number of anilines is 1. The third-order valence-electron chi connectivity index (χ3n) is 2.09. The molecule has 2 rings (SSSR count). The maximum Gasteiger partial charge on any atom is 0.260 e. The number of nitrogens with zero attached hydrogens (tertiary/aromatic N) is 2. The highest BCUT2D eigenvalue weighted by Gasteiger charge is 2.12. The molecule has 84 valence electrons. The Bertz CT molecular complexity index is 499. The van der Waals surface area contributed by atoms with Gasteiger partial charge in [-0.15, -0.1) is 0 Å². The summed E-state index contributed by atoms with van der Waals surface area (Å²) < 4.78 is 5.85. The van der Waals surface area contributed by atoms with Crippen molar-refractivity contribution in [1.82, 2.24) is 10.1 Å². The average Bonchev–Trinajstić information content (AvgIpc) is 2.71. The van der Waals surface area contributed by atoms with E-state index in [1.54, 1.807) is 6.07 Å². The van der Waals surface area contributed by atoms with Gasteiger partial charge >= 0.3 is 0 Å². The Balaban J connectivity index is 2.39. The molecule has 0 radical (unpaired) electrons. The lowest BCUT2D eigenvalue weighted by atomic mass is 10.2. The normalized spacial score (nSPS) is 10.6. The van der Waals surface area contributed by atoms with Gasteiger partial charge in [-0.3, -0.25) is 0 Å². The zero-order valence-electron chi connectivity index (χ0n) is 8.35. The molecule has 0 aliphatic heterocycles. The van der Waals surface area contributed by atoms with Crippen molar-refractivity contribution in [2.45, 2.75) is 6.42 Å². The van der Waals surface area contributed by atoms with Crippen LogP contribution >= 0.6 is 15.9 Å². The number of benzene rings is 1. The number of aromatic nitrogens is 2. The molecule has 3 N–H and O–H groups in total. The third kappa shape index (κ3) is 2.07. The maximum atomic E-state index is 8.74. The molecule has 0 amide bonds. The minimum Gasteiger partial charge on any atom is -0.397 e. The number of halogens is 1. The van der Waals surface area contributed by atoms with Crippen molar-refractivity contribution in [1.29, 1.82) is 0 Å². The Morgan fingerprint density at radius 3 is 3.00 bits per heavy atom. The van der Waals surface area contributed by atoms with Gasteiger partial charge in [0.25, 0.3) is 5.89 Å². The van der Waals surface area contributed by atoms with Gasteiger partial charge in [-0.1, -0.05) is 11.2 Å². The van der Waals surface area contributed by atoms with Crippen molar-refractivity contribution in [3.8, 4) is 11.5 Å². The van der Waals surface area contributed by atoms with E-state index in [1.807, 2.05) is 12.1 Å². The number of rotatable bonds is 3. The van der Waals surface area contributed by atoms with Crippen LogP contribution in [0.2, 0.25) is 0 Å². The molecule has 0 fully saturated rings. The number of hydrogen-bond acceptors (Lipinski definition) is 5. The van der Waals surface area contributed by atoms with E-state index in [0.717, 1.165) is 4.47 Å². The summed E-state index contributed by atoms with van der Waals surface area (Å²) in [5.74, 6) is 0.833. The number of aliphatic hydroxyl groups is 1. The van der Waals surface area contributed by atoms with Crippen molar-refractivity contribution in [3.05, 3.63) is 28.5 Å². The third-order valence-corrected chi connectivity index (χ3v) is 2.78. The van der Waals surface area contributed by atoms with Crippen LogP contribution in [0.5, 0.6) is 0 Å². The molecule has 1 heterocycles. The predicted molar refractivity (Wildman–Crippen MR) is 62.6 cm³/mol. The molecule has 1 aromatic carbocycles. The molecule has 5 nitrogen and oxygen atoms in total. The summed E-state index contributed by atoms with van der Waals surface area (Å²) in [6.07, 6.45) is 0.372. The molecule has 0 aliphatic carbocycles. The van der Waals surface area contributed by atoms with Crippen LogP contribution < -0.4 is 5.73 Å². The van der Waals surface area contributed by atoms with Crippen LogP contribution in [-0.4, -0.2) is 21.9 Å². The summed E-state index contributed by atoms with van der Waals surface area (Å²) in [7, 11) is 0. The molecular formula is C10H10BrN3O2. The van der Waals surface area contributed by atoms with Crippen LogP contribution in [0, 0.1) is 0 Å². The van der Waals surface area contributed by atoms with Crippen LogP contribution in [0.15, 0.2) is 27.2 Å². The number of nitrogen functional groups attached to an aromatic ring is 1. The molecule has 1 aromatic heterocycles. The summed E-state index contributed by atoms with van der Waals surface area (Å²) in [5.41, 5.74) is 7.12. The Labute approximate surface area is 100 Å². The molecule has 6 heteroatoms. The Kier molecular flexibility index (Phi) is 3.21. The minimum absolute atomic E-state index is 0.00700. The molecule has 0 spiro atoms. The largest absolute Gasteiger partial charge is 0.397 e. The number of para-hydroxylation sites is 1. The van der Waals surface area contributed by atoms with Gasteiger partial charge in [0.15, 0.2) is 5.82 Å². The second-order valence-electron chi connectivity index (χ2n) is 3.19. The van der Waals surface area contributed by atoms with E-state index in [-0.39, 0.29) is 6.61 Å². The zero-order valence-corrected chi connectivity index (χ0v) is 9.94. The van der Waals surface area contributed by atoms with E-state index in [2.05, 4.69) is 26.1 Å². The maximum absolute atomic E-state index is 8.74. The monoisotopic (exact) mass is 283 g/mol. The topological polar surface area (TPSA) is 85.2 Å². The number of aliphatic hydroxyl groups excluding tert-OH is 1. The smallest absolute Gasteiger partial charge is 0.260 e. The first-order chi connectivity index (χ1) is 7.72. The van der Waals surface area contributed by atoms with Crippen LogP contribution in [0.1, 0.15) is 5.82 Å². The van der Waals surface area contributed by atoms with Gasteiger partial charge in [-0.05, 0) is 28.1 Å². The lowest BCUT2D eigenvalue weighted by Crippen LogP contribution is -1.94. The van der Waals surface area contributed by atoms with Crippen molar-refractivity contribution in [3.63, 3.8) is 0 Å². The number of nitrogens with two attached hydrogens (primary N) is 1. The quantitative estimate of drug-likeness (QED) is 0.836. The Morgan fingerprint density at radius 2 is 2.25 bits per heavy atom. The van der Waals surface area contributed by atoms with Gasteiger partial charge in [-0.25, -0.2) is 0 Å². The lowest BCUT2D eigenvalue weighted by molar-refractivity contribution is 0.293. The fourth-order valence-corrected chi connectivity index (χ4v) is 1.65. The zero-order chi connectivity index (χ0) is 11.5. The molecular weight excluding hydrogens is 274 g/mol. The van der Waals surface area contributed by atoms with Crippen LogP contribution in [-0.2, 0) is 6.42 Å². The first-order valence-corrected chi connectivity index (χ1v) is 5.49. The van der Waals surface area contributed by atoms with E-state index >= 15 is 0 Å². The minimum atomic E-state index is -0.00700. The van der Waals surface area contributed by atoms with Crippen molar-refractivity contribution in [2.75, 3.05) is 12.3 Å². The molecule has 16 heavy (non-hydrogen) atoms. The standard InChI is InChI=1S/C10H10BrN3O2/c11-7-3-1-2-6(9(7)12)10-13-8(4-5-15)14-16-10/h1-3,15H,4-5,12H2. The second-order valence-corrected chi connectivity index (χ2v) is 4.04. The summed E-state index contributed by atoms with van der Waals surface area (Å²) in [4.78, 5) is 4.13. The highest BCUT2D eigenvalue weighted by Crippen LogP contribution is 2.30. The highest BCUT2D eigenvalue weighted by atomic mass is 79.9. The second kappa shape index (κ2) is 4.63. The highest BCUT2D eigenvalue weighted by molar-refractivity contribution is 9.10. The van der Waals surface area contributed by atoms with Gasteiger partial charge in [0.2, 0.25) is 0 Å². The van der Waals surface area contributed by atoms with E-state index in [9.17, 15) is 0 Å². The fraction of sp³-hybridized carbons (Fsp3) is 0.200. The molecule has 0 unspecified atom stereocenters. The lowest BCUT2D eigenvalue weighted by Gasteiger charge is -2.01. The first-order valence-electron chi connectivity index (χ1n) is 4.70. The first kappa shape index (κ1) is 11.1. The molecule has 0 saturated carbocycles. The van der Waals surface area contributed by atoms with E-state index in [4.69, 9.17) is 15.4 Å². The molecule has 2 aromatic rings. The van der Waals surface area contributed by atoms with Gasteiger partial charge < -0.3 is 15.4 Å². The Hall–Kier alpha value is -1.40. The van der Waals surface area contributed by atoms with Gasteiger partial charge in [0.05, 0.1) is 17.9 Å². The van der Waals surface area contributed by atoms with Crippen molar-refractivity contribution < 1.29 is 9.63 Å². The van der Waals surface area contributed by atoms with Crippen molar-refractivity contribution in [2.24, 2.45) is 0 Å². The summed E-state index contributed by atoms with van der Waals surface area (Å²) >= 11 is 3.33. The predicted octanol–water partition coefficient (Wildman–Crippen LogP) is 1.62. The van der Waals surface area contributed by atoms with E-state index in [1.165, 1.54) is 0 Å².